The third-order valence-electron chi connectivity index (χ3n) is 2.96. The normalized spacial score (nSPS) is 18.1. The average Bonchev–Trinajstić information content (AvgIpc) is 2.23. The lowest BCUT2D eigenvalue weighted by Crippen LogP contribution is -2.12. The maximum absolute atomic E-state index is 13.3. The van der Waals surface area contributed by atoms with E-state index in [-0.39, 0.29) is 5.82 Å². The van der Waals surface area contributed by atoms with Gasteiger partial charge in [0, 0.05) is 16.4 Å². The molecule has 2 rings (SSSR count). The molecule has 80 valence electrons. The Morgan fingerprint density at radius 2 is 1.93 bits per heavy atom. The van der Waals surface area contributed by atoms with Gasteiger partial charge in [-0.1, -0.05) is 6.07 Å². The predicted molar refractivity (Wildman–Crippen MR) is 65.3 cm³/mol. The molecular weight excluding hydrogens is 306 g/mol. The summed E-state index contributed by atoms with van der Waals surface area (Å²) in [5.74, 6) is 0.566. The van der Waals surface area contributed by atoms with Crippen LogP contribution in [0.4, 0.5) is 4.39 Å². The molecule has 0 heterocycles. The van der Waals surface area contributed by atoms with Gasteiger partial charge < -0.3 is 0 Å². The fraction of sp³-hybridized carbons (Fsp3) is 0.417. The topological polar surface area (TPSA) is 17.1 Å². The monoisotopic (exact) mass is 318 g/mol. The van der Waals surface area contributed by atoms with Gasteiger partial charge in [-0.3, -0.25) is 4.79 Å². The first-order valence-corrected chi connectivity index (χ1v) is 6.21. The van der Waals surface area contributed by atoms with Crippen molar-refractivity contribution in [2.45, 2.75) is 31.6 Å². The molecule has 1 aromatic rings. The number of ketones is 1. The van der Waals surface area contributed by atoms with Crippen molar-refractivity contribution in [1.82, 2.24) is 0 Å². The third kappa shape index (κ3) is 2.56. The lowest BCUT2D eigenvalue weighted by atomic mass is 9.83. The first kappa shape index (κ1) is 11.0. The van der Waals surface area contributed by atoms with Crippen molar-refractivity contribution in [3.05, 3.63) is 33.1 Å². The summed E-state index contributed by atoms with van der Waals surface area (Å²) in [5.41, 5.74) is 1.04. The van der Waals surface area contributed by atoms with Crippen molar-refractivity contribution in [2.24, 2.45) is 0 Å². The Hall–Kier alpha value is -0.450. The Kier molecular flexibility index (Phi) is 3.38. The van der Waals surface area contributed by atoms with E-state index in [9.17, 15) is 9.18 Å². The minimum Gasteiger partial charge on any atom is -0.300 e. The van der Waals surface area contributed by atoms with Gasteiger partial charge in [0.15, 0.2) is 0 Å². The predicted octanol–water partition coefficient (Wildman–Crippen LogP) is 3.66. The van der Waals surface area contributed by atoms with Crippen LogP contribution >= 0.6 is 22.6 Å². The Morgan fingerprint density at radius 1 is 1.27 bits per heavy atom. The van der Waals surface area contributed by atoms with Crippen LogP contribution in [0.5, 0.6) is 0 Å². The molecule has 1 fully saturated rings. The van der Waals surface area contributed by atoms with Gasteiger partial charge in [-0.05, 0) is 59.0 Å². The molecule has 0 spiro atoms. The van der Waals surface area contributed by atoms with Crippen molar-refractivity contribution in [3.63, 3.8) is 0 Å². The highest BCUT2D eigenvalue weighted by atomic mass is 127. The molecule has 0 radical (unpaired) electrons. The number of hydrogen-bond donors (Lipinski definition) is 0. The van der Waals surface area contributed by atoms with Crippen molar-refractivity contribution < 1.29 is 9.18 Å². The molecule has 0 aliphatic heterocycles. The minimum absolute atomic E-state index is 0.148. The van der Waals surface area contributed by atoms with Crippen molar-refractivity contribution in [3.8, 4) is 0 Å². The molecular formula is C12H12FIO. The summed E-state index contributed by atoms with van der Waals surface area (Å²) in [6, 6.07) is 5.40. The molecule has 3 heteroatoms. The maximum Gasteiger partial charge on any atom is 0.136 e. The van der Waals surface area contributed by atoms with Crippen molar-refractivity contribution >= 4 is 28.4 Å². The Bertz CT molecular complexity index is 379. The van der Waals surface area contributed by atoms with Gasteiger partial charge in [0.2, 0.25) is 0 Å². The van der Waals surface area contributed by atoms with Gasteiger partial charge in [0.05, 0.1) is 0 Å². The number of rotatable bonds is 1. The molecule has 0 amide bonds. The van der Waals surface area contributed by atoms with Gasteiger partial charge in [0.1, 0.15) is 11.6 Å². The molecule has 1 saturated carbocycles. The second-order valence-electron chi connectivity index (χ2n) is 3.99. The molecule has 0 saturated heterocycles. The second kappa shape index (κ2) is 4.60. The average molecular weight is 318 g/mol. The zero-order chi connectivity index (χ0) is 10.8. The van der Waals surface area contributed by atoms with Crippen LogP contribution in [0.1, 0.15) is 37.2 Å². The van der Waals surface area contributed by atoms with E-state index in [2.05, 4.69) is 0 Å². The van der Waals surface area contributed by atoms with Crippen LogP contribution in [0, 0.1) is 9.39 Å². The Morgan fingerprint density at radius 3 is 2.53 bits per heavy atom. The molecule has 1 aliphatic carbocycles. The van der Waals surface area contributed by atoms with E-state index in [4.69, 9.17) is 0 Å². The zero-order valence-electron chi connectivity index (χ0n) is 8.30. The third-order valence-corrected chi connectivity index (χ3v) is 3.83. The van der Waals surface area contributed by atoms with E-state index in [1.165, 1.54) is 0 Å². The summed E-state index contributed by atoms with van der Waals surface area (Å²) in [7, 11) is 0. The quantitative estimate of drug-likeness (QED) is 0.722. The van der Waals surface area contributed by atoms with E-state index in [0.29, 0.717) is 28.1 Å². The van der Waals surface area contributed by atoms with Crippen LogP contribution < -0.4 is 0 Å². The van der Waals surface area contributed by atoms with Gasteiger partial charge in [-0.25, -0.2) is 4.39 Å². The van der Waals surface area contributed by atoms with Crippen LogP contribution in [0.15, 0.2) is 18.2 Å². The number of carbonyl (C=O) groups is 1. The summed E-state index contributed by atoms with van der Waals surface area (Å²) in [5, 5.41) is 0. The smallest absolute Gasteiger partial charge is 0.136 e. The summed E-state index contributed by atoms with van der Waals surface area (Å²) in [6.07, 6.45) is 3.05. The number of halogens is 2. The van der Waals surface area contributed by atoms with Crippen molar-refractivity contribution in [2.75, 3.05) is 0 Å². The van der Waals surface area contributed by atoms with Crippen LogP contribution in [0.2, 0.25) is 0 Å². The van der Waals surface area contributed by atoms with Gasteiger partial charge in [-0.15, -0.1) is 0 Å². The first-order chi connectivity index (χ1) is 7.16. The van der Waals surface area contributed by atoms with E-state index < -0.39 is 0 Å². The molecule has 1 aliphatic rings. The SMILES string of the molecule is O=C1CCC(c2ccc(I)c(F)c2)CC1. The number of Topliss-reactive ketones (excluding diaryl/α,β-unsaturated/α-hetero) is 1. The molecule has 0 unspecified atom stereocenters. The summed E-state index contributed by atoms with van der Waals surface area (Å²) in [4.78, 5) is 11.1. The highest BCUT2D eigenvalue weighted by Gasteiger charge is 2.20. The second-order valence-corrected chi connectivity index (χ2v) is 5.15. The van der Waals surface area contributed by atoms with E-state index in [0.717, 1.165) is 18.4 Å². The summed E-state index contributed by atoms with van der Waals surface area (Å²) < 4.78 is 14.0. The fourth-order valence-corrected chi connectivity index (χ4v) is 2.37. The van der Waals surface area contributed by atoms with Crippen molar-refractivity contribution in [1.29, 1.82) is 0 Å². The van der Waals surface area contributed by atoms with E-state index in [1.807, 2.05) is 34.7 Å². The minimum atomic E-state index is -0.148. The maximum atomic E-state index is 13.3. The number of hydrogen-bond acceptors (Lipinski definition) is 1. The molecule has 0 aromatic heterocycles. The van der Waals surface area contributed by atoms with E-state index >= 15 is 0 Å². The summed E-state index contributed by atoms with van der Waals surface area (Å²) in [6.45, 7) is 0. The Labute approximate surface area is 102 Å². The largest absolute Gasteiger partial charge is 0.300 e. The summed E-state index contributed by atoms with van der Waals surface area (Å²) >= 11 is 1.99. The van der Waals surface area contributed by atoms with Crippen LogP contribution in [0.3, 0.4) is 0 Å². The molecule has 1 aromatic carbocycles. The first-order valence-electron chi connectivity index (χ1n) is 5.13. The molecule has 0 atom stereocenters. The van der Waals surface area contributed by atoms with Gasteiger partial charge in [0.25, 0.3) is 0 Å². The van der Waals surface area contributed by atoms with Crippen LogP contribution in [0.25, 0.3) is 0 Å². The van der Waals surface area contributed by atoms with E-state index in [1.54, 1.807) is 6.07 Å². The highest BCUT2D eigenvalue weighted by Crippen LogP contribution is 2.31. The fourth-order valence-electron chi connectivity index (χ4n) is 2.04. The standard InChI is InChI=1S/C12H12FIO/c13-11-7-9(3-6-12(11)14)8-1-4-10(15)5-2-8/h3,6-8H,1-2,4-5H2. The zero-order valence-corrected chi connectivity index (χ0v) is 10.5. The molecule has 0 bridgehead atoms. The van der Waals surface area contributed by atoms with Crippen LogP contribution in [-0.2, 0) is 4.79 Å². The molecule has 0 N–H and O–H groups in total. The Balaban J connectivity index is 2.16. The van der Waals surface area contributed by atoms with Gasteiger partial charge >= 0.3 is 0 Å². The molecule has 15 heavy (non-hydrogen) atoms. The highest BCUT2D eigenvalue weighted by molar-refractivity contribution is 14.1. The van der Waals surface area contributed by atoms with Crippen LogP contribution in [-0.4, -0.2) is 5.78 Å². The molecule has 1 nitrogen and oxygen atoms in total. The number of benzene rings is 1. The lowest BCUT2D eigenvalue weighted by Gasteiger charge is -2.21. The van der Waals surface area contributed by atoms with Gasteiger partial charge in [-0.2, -0.15) is 0 Å². The lowest BCUT2D eigenvalue weighted by molar-refractivity contribution is -0.120. The number of carbonyl (C=O) groups excluding carboxylic acids is 1.